The normalized spacial score (nSPS) is 36.9. The number of amides is 2. The summed E-state index contributed by atoms with van der Waals surface area (Å²) in [6.45, 7) is 3.54. The van der Waals surface area contributed by atoms with E-state index in [4.69, 9.17) is 49.0 Å². The number of hydrogen-bond donors (Lipinski definition) is 0. The van der Waals surface area contributed by atoms with Gasteiger partial charge in [0.2, 0.25) is 5.90 Å². The fourth-order valence-corrected chi connectivity index (χ4v) is 6.16. The van der Waals surface area contributed by atoms with Crippen LogP contribution in [0.25, 0.3) is 0 Å². The molecule has 3 unspecified atom stereocenters. The lowest BCUT2D eigenvalue weighted by Gasteiger charge is -2.43. The Balaban J connectivity index is 1.58. The highest BCUT2D eigenvalue weighted by Crippen LogP contribution is 2.48. The van der Waals surface area contributed by atoms with Crippen molar-refractivity contribution in [1.82, 2.24) is 4.90 Å². The van der Waals surface area contributed by atoms with Crippen LogP contribution in [-0.4, -0.2) is 66.5 Å². The minimum absolute atomic E-state index is 0.0285. The maximum absolute atomic E-state index is 13.2. The molecule has 0 aromatic heterocycles. The van der Waals surface area contributed by atoms with E-state index in [1.54, 1.807) is 38.1 Å². The van der Waals surface area contributed by atoms with E-state index in [-0.39, 0.29) is 21.6 Å². The molecule has 160 valence electrons. The maximum Gasteiger partial charge on any atom is 0.266 e. The highest BCUT2D eigenvalue weighted by atomic mass is 127. The van der Waals surface area contributed by atoms with E-state index in [2.05, 4.69) is 27.6 Å². The zero-order valence-corrected chi connectivity index (χ0v) is 20.1. The van der Waals surface area contributed by atoms with Gasteiger partial charge in [0.15, 0.2) is 11.9 Å². The smallest absolute Gasteiger partial charge is 0.266 e. The fourth-order valence-electron chi connectivity index (χ4n) is 4.58. The number of halogens is 4. The molecule has 4 aliphatic rings. The predicted molar refractivity (Wildman–Crippen MR) is 119 cm³/mol. The van der Waals surface area contributed by atoms with Crippen LogP contribution in [0.3, 0.4) is 0 Å². The van der Waals surface area contributed by atoms with Crippen molar-refractivity contribution in [1.29, 1.82) is 0 Å². The molecule has 30 heavy (non-hydrogen) atoms. The van der Waals surface area contributed by atoms with E-state index in [0.717, 1.165) is 0 Å². The van der Waals surface area contributed by atoms with Crippen molar-refractivity contribution in [2.24, 2.45) is 4.99 Å². The van der Waals surface area contributed by atoms with E-state index >= 15 is 0 Å². The minimum atomic E-state index is -1.83. The van der Waals surface area contributed by atoms with Crippen molar-refractivity contribution < 1.29 is 23.8 Å². The Kier molecular flexibility index (Phi) is 4.89. The van der Waals surface area contributed by atoms with E-state index in [0.29, 0.717) is 11.1 Å². The van der Waals surface area contributed by atoms with Crippen LogP contribution in [0.4, 0.5) is 0 Å². The van der Waals surface area contributed by atoms with Gasteiger partial charge >= 0.3 is 0 Å². The van der Waals surface area contributed by atoms with Crippen molar-refractivity contribution in [3.8, 4) is 0 Å². The van der Waals surface area contributed by atoms with Crippen LogP contribution in [0.2, 0.25) is 0 Å². The summed E-state index contributed by atoms with van der Waals surface area (Å²) in [5.74, 6) is -1.70. The summed E-state index contributed by atoms with van der Waals surface area (Å²) in [6.07, 6.45) is -1.77. The highest BCUT2D eigenvalue weighted by molar-refractivity contribution is 14.1. The van der Waals surface area contributed by atoms with Gasteiger partial charge in [-0.2, -0.15) is 0 Å². The Hall–Kier alpha value is -0.650. The zero-order valence-electron chi connectivity index (χ0n) is 15.7. The first-order valence-electron chi connectivity index (χ1n) is 9.28. The Morgan fingerprint density at radius 1 is 1.03 bits per heavy atom. The molecule has 6 atom stereocenters. The molecule has 0 radical (unpaired) electrons. The third-order valence-corrected chi connectivity index (χ3v) is 7.65. The van der Waals surface area contributed by atoms with Crippen molar-refractivity contribution in [3.63, 3.8) is 0 Å². The summed E-state index contributed by atoms with van der Waals surface area (Å²) >= 11 is 20.2. The molecule has 11 heteroatoms. The summed E-state index contributed by atoms with van der Waals surface area (Å²) in [5, 5.41) is 0. The van der Waals surface area contributed by atoms with Crippen LogP contribution in [0.15, 0.2) is 29.3 Å². The number of ether oxygens (including phenoxy) is 3. The number of rotatable bonds is 1. The van der Waals surface area contributed by atoms with Gasteiger partial charge in [-0.15, -0.1) is 0 Å². The van der Waals surface area contributed by atoms with E-state index < -0.39 is 40.0 Å². The number of aliphatic imine (C=N–C) groups is 1. The molecule has 3 heterocycles. The largest absolute Gasteiger partial charge is 0.469 e. The lowest BCUT2D eigenvalue weighted by molar-refractivity contribution is -0.153. The lowest BCUT2D eigenvalue weighted by atomic mass is 9.83. The van der Waals surface area contributed by atoms with Gasteiger partial charge in [-0.25, -0.2) is 4.99 Å². The standard InChI is InChI=1S/C19H16Cl3IN2O5/c1-18(2)29-13-11(25-15(26)7-5-3-4-6-8(7)16(25)27)9(23)10-12(14(13)30-18)28-17(24-10)19(20,21)22/h3-6,9-14H,1-2H3/t9?,10-,11+,12-,13?,14?/m0/s1. The fraction of sp³-hybridized carbons (Fsp3) is 0.526. The van der Waals surface area contributed by atoms with Gasteiger partial charge in [0, 0.05) is 0 Å². The number of fused-ring (bicyclic) bond motifs is 4. The van der Waals surface area contributed by atoms with Gasteiger partial charge in [-0.3, -0.25) is 14.5 Å². The van der Waals surface area contributed by atoms with Crippen LogP contribution in [0.5, 0.6) is 0 Å². The molecule has 1 saturated carbocycles. The van der Waals surface area contributed by atoms with Gasteiger partial charge in [0.1, 0.15) is 18.2 Å². The average Bonchev–Trinajstić information content (AvgIpc) is 3.31. The Labute approximate surface area is 201 Å². The first kappa shape index (κ1) is 21.2. The molecule has 2 amide bonds. The number of alkyl halides is 4. The SMILES string of the molecule is CC1(C)OC2C(O1)[C@H]1OC(C(Cl)(Cl)Cl)=N[C@H]1C(I)[C@H]2N1C(=O)c2ccccc2C1=O. The monoisotopic (exact) mass is 584 g/mol. The Morgan fingerprint density at radius 3 is 2.17 bits per heavy atom. The number of nitrogens with zero attached hydrogens (tertiary/aromatic N) is 2. The molecule has 1 saturated heterocycles. The number of benzene rings is 1. The molecule has 0 bridgehead atoms. The summed E-state index contributed by atoms with van der Waals surface area (Å²) < 4.78 is 16.0. The second-order valence-corrected chi connectivity index (χ2v) is 11.8. The molecular formula is C19H16Cl3IN2O5. The minimum Gasteiger partial charge on any atom is -0.469 e. The molecule has 1 aromatic carbocycles. The third kappa shape index (κ3) is 3.09. The van der Waals surface area contributed by atoms with E-state index in [1.165, 1.54) is 4.90 Å². The Morgan fingerprint density at radius 2 is 1.60 bits per heavy atom. The molecule has 5 rings (SSSR count). The quantitative estimate of drug-likeness (QED) is 0.287. The first-order chi connectivity index (χ1) is 14.0. The van der Waals surface area contributed by atoms with E-state index in [9.17, 15) is 9.59 Å². The number of imide groups is 1. The first-order valence-corrected chi connectivity index (χ1v) is 11.7. The van der Waals surface area contributed by atoms with Gasteiger partial charge < -0.3 is 14.2 Å². The van der Waals surface area contributed by atoms with Crippen molar-refractivity contribution in [3.05, 3.63) is 35.4 Å². The number of carbonyl (C=O) groups is 2. The van der Waals surface area contributed by atoms with Crippen LogP contribution in [-0.2, 0) is 14.2 Å². The molecule has 2 fully saturated rings. The van der Waals surface area contributed by atoms with Crippen LogP contribution < -0.4 is 0 Å². The van der Waals surface area contributed by atoms with Gasteiger partial charge in [-0.05, 0) is 26.0 Å². The molecule has 0 N–H and O–H groups in total. The Bertz CT molecular complexity index is 946. The molecule has 1 aliphatic carbocycles. The van der Waals surface area contributed by atoms with Gasteiger partial charge in [0.25, 0.3) is 15.6 Å². The topological polar surface area (TPSA) is 77.4 Å². The molecule has 1 aromatic rings. The number of hydrogen-bond acceptors (Lipinski definition) is 6. The summed E-state index contributed by atoms with van der Waals surface area (Å²) in [7, 11) is 0. The molecule has 3 aliphatic heterocycles. The van der Waals surface area contributed by atoms with Crippen molar-refractivity contribution >= 4 is 75.1 Å². The summed E-state index contributed by atoms with van der Waals surface area (Å²) in [4.78, 5) is 32.1. The molecular weight excluding hydrogens is 569 g/mol. The van der Waals surface area contributed by atoms with Crippen LogP contribution >= 0.6 is 57.4 Å². The van der Waals surface area contributed by atoms with Crippen molar-refractivity contribution in [2.75, 3.05) is 0 Å². The van der Waals surface area contributed by atoms with Crippen molar-refractivity contribution in [2.45, 2.75) is 57.7 Å². The zero-order chi connectivity index (χ0) is 21.6. The number of carbonyl (C=O) groups excluding carboxylic acids is 2. The van der Waals surface area contributed by atoms with E-state index in [1.807, 2.05) is 0 Å². The van der Waals surface area contributed by atoms with Crippen LogP contribution in [0.1, 0.15) is 34.6 Å². The lowest BCUT2D eigenvalue weighted by Crippen LogP contribution is -2.65. The average molecular weight is 586 g/mol. The maximum atomic E-state index is 13.2. The predicted octanol–water partition coefficient (Wildman–Crippen LogP) is 3.52. The van der Waals surface area contributed by atoms with Crippen LogP contribution in [0, 0.1) is 0 Å². The van der Waals surface area contributed by atoms with Gasteiger partial charge in [-0.1, -0.05) is 69.5 Å². The second kappa shape index (κ2) is 6.92. The second-order valence-electron chi connectivity index (χ2n) is 8.03. The molecule has 0 spiro atoms. The molecule has 7 nitrogen and oxygen atoms in total. The van der Waals surface area contributed by atoms with Gasteiger partial charge in [0.05, 0.1) is 21.1 Å². The third-order valence-electron chi connectivity index (χ3n) is 5.69. The summed E-state index contributed by atoms with van der Waals surface area (Å²) in [5.41, 5.74) is 0.743. The summed E-state index contributed by atoms with van der Waals surface area (Å²) in [6, 6.07) is 5.64. The highest BCUT2D eigenvalue weighted by Gasteiger charge is 2.64.